The van der Waals surface area contributed by atoms with Gasteiger partial charge in [-0.05, 0) is 40.2 Å². The Hall–Kier alpha value is -2.15. The van der Waals surface area contributed by atoms with Crippen molar-refractivity contribution in [3.63, 3.8) is 0 Å². The number of rotatable bonds is 3. The molecule has 24 heavy (non-hydrogen) atoms. The Labute approximate surface area is 150 Å². The van der Waals surface area contributed by atoms with Gasteiger partial charge in [-0.15, -0.1) is 10.2 Å². The average molecular weight is 390 g/mol. The van der Waals surface area contributed by atoms with Crippen LogP contribution < -0.4 is 9.80 Å². The van der Waals surface area contributed by atoms with Crippen LogP contribution in [0.3, 0.4) is 0 Å². The molecule has 0 spiro atoms. The Balaban J connectivity index is 1.63. The molecule has 1 amide bonds. The van der Waals surface area contributed by atoms with Gasteiger partial charge >= 0.3 is 0 Å². The zero-order chi connectivity index (χ0) is 17.1. The highest BCUT2D eigenvalue weighted by Crippen LogP contribution is 2.20. The summed E-state index contributed by atoms with van der Waals surface area (Å²) in [5.41, 5.74) is 0.709. The number of benzene rings is 1. The van der Waals surface area contributed by atoms with Crippen LogP contribution in [-0.4, -0.2) is 61.3 Å². The molecule has 2 aromatic rings. The molecule has 1 aliphatic rings. The van der Waals surface area contributed by atoms with E-state index in [0.717, 1.165) is 29.2 Å². The Morgan fingerprint density at radius 3 is 2.33 bits per heavy atom. The topological polar surface area (TPSA) is 52.6 Å². The zero-order valence-electron chi connectivity index (χ0n) is 13.8. The normalized spacial score (nSPS) is 14.6. The molecule has 1 aromatic heterocycles. The second kappa shape index (κ2) is 7.17. The summed E-state index contributed by atoms with van der Waals surface area (Å²) in [6.45, 7) is 2.87. The van der Waals surface area contributed by atoms with Gasteiger partial charge in [0.25, 0.3) is 5.91 Å². The molecule has 2 heterocycles. The minimum absolute atomic E-state index is 0.0659. The third-order valence-electron chi connectivity index (χ3n) is 4.09. The number of amides is 1. The molecule has 0 bridgehead atoms. The summed E-state index contributed by atoms with van der Waals surface area (Å²) in [5, 5.41) is 8.50. The van der Waals surface area contributed by atoms with Crippen molar-refractivity contribution in [3.05, 3.63) is 46.4 Å². The molecule has 3 rings (SSSR count). The molecule has 0 atom stereocenters. The number of hydrogen-bond acceptors (Lipinski definition) is 5. The van der Waals surface area contributed by atoms with Gasteiger partial charge in [0.15, 0.2) is 11.6 Å². The van der Waals surface area contributed by atoms with Crippen LogP contribution in [0, 0.1) is 0 Å². The lowest BCUT2D eigenvalue weighted by Crippen LogP contribution is -2.49. The lowest BCUT2D eigenvalue weighted by atomic mass is 10.2. The molecule has 6 nitrogen and oxygen atoms in total. The lowest BCUT2D eigenvalue weighted by Gasteiger charge is -2.35. The molecular formula is C17H20BrN5O. The van der Waals surface area contributed by atoms with Gasteiger partial charge in [-0.3, -0.25) is 4.79 Å². The Morgan fingerprint density at radius 1 is 1.04 bits per heavy atom. The molecule has 1 saturated heterocycles. The van der Waals surface area contributed by atoms with E-state index in [9.17, 15) is 4.79 Å². The van der Waals surface area contributed by atoms with Gasteiger partial charge in [0.2, 0.25) is 0 Å². The first-order valence-electron chi connectivity index (χ1n) is 7.86. The highest BCUT2D eigenvalue weighted by molar-refractivity contribution is 9.10. The van der Waals surface area contributed by atoms with Gasteiger partial charge < -0.3 is 14.7 Å². The molecule has 1 aliphatic heterocycles. The number of hydrogen-bond donors (Lipinski definition) is 0. The second-order valence-corrected chi connectivity index (χ2v) is 6.76. The first-order chi connectivity index (χ1) is 11.6. The summed E-state index contributed by atoms with van der Waals surface area (Å²) >= 11 is 3.45. The van der Waals surface area contributed by atoms with E-state index in [1.165, 1.54) is 0 Å². The van der Waals surface area contributed by atoms with Crippen molar-refractivity contribution < 1.29 is 4.79 Å². The quantitative estimate of drug-likeness (QED) is 0.805. The van der Waals surface area contributed by atoms with E-state index in [2.05, 4.69) is 31.0 Å². The van der Waals surface area contributed by atoms with Crippen molar-refractivity contribution in [1.82, 2.24) is 15.1 Å². The van der Waals surface area contributed by atoms with Gasteiger partial charge in [0.1, 0.15) is 0 Å². The Bertz CT molecular complexity index is 711. The van der Waals surface area contributed by atoms with E-state index in [4.69, 9.17) is 0 Å². The summed E-state index contributed by atoms with van der Waals surface area (Å²) in [4.78, 5) is 18.6. The second-order valence-electron chi connectivity index (χ2n) is 5.90. The van der Waals surface area contributed by atoms with Crippen molar-refractivity contribution in [1.29, 1.82) is 0 Å². The fraction of sp³-hybridized carbons (Fsp3) is 0.353. The van der Waals surface area contributed by atoms with Gasteiger partial charge in [-0.25, -0.2) is 0 Å². The van der Waals surface area contributed by atoms with Crippen molar-refractivity contribution in [2.24, 2.45) is 0 Å². The van der Waals surface area contributed by atoms with Crippen LogP contribution in [0.5, 0.6) is 0 Å². The summed E-state index contributed by atoms with van der Waals surface area (Å²) in [6, 6.07) is 11.5. The summed E-state index contributed by atoms with van der Waals surface area (Å²) in [6.07, 6.45) is 0. The molecule has 7 heteroatoms. The number of nitrogens with zero attached hydrogens (tertiary/aromatic N) is 5. The van der Waals surface area contributed by atoms with Crippen molar-refractivity contribution >= 4 is 33.5 Å². The number of halogens is 1. The molecule has 126 valence electrons. The van der Waals surface area contributed by atoms with Crippen molar-refractivity contribution in [2.45, 2.75) is 0 Å². The summed E-state index contributed by atoms with van der Waals surface area (Å²) < 4.78 is 0.836. The highest BCUT2D eigenvalue weighted by atomic mass is 79.9. The van der Waals surface area contributed by atoms with Crippen molar-refractivity contribution in [2.75, 3.05) is 50.1 Å². The lowest BCUT2D eigenvalue weighted by molar-refractivity contribution is 0.0745. The molecule has 1 aromatic carbocycles. The number of aromatic nitrogens is 2. The Morgan fingerprint density at radius 2 is 1.75 bits per heavy atom. The predicted molar refractivity (Wildman–Crippen MR) is 98.6 cm³/mol. The molecule has 0 unspecified atom stereocenters. The molecular weight excluding hydrogens is 370 g/mol. The maximum absolute atomic E-state index is 12.6. The number of carbonyl (C=O) groups is 1. The van der Waals surface area contributed by atoms with Crippen LogP contribution in [0.15, 0.2) is 40.9 Å². The number of carbonyl (C=O) groups excluding carboxylic acids is 1. The monoisotopic (exact) mass is 389 g/mol. The van der Waals surface area contributed by atoms with Crippen LogP contribution in [0.4, 0.5) is 11.6 Å². The molecule has 1 fully saturated rings. The molecule has 0 N–H and O–H groups in total. The first kappa shape index (κ1) is 16.7. The third kappa shape index (κ3) is 3.51. The van der Waals surface area contributed by atoms with E-state index in [-0.39, 0.29) is 5.91 Å². The molecule has 0 radical (unpaired) electrons. The zero-order valence-corrected chi connectivity index (χ0v) is 15.4. The van der Waals surface area contributed by atoms with Gasteiger partial charge in [0, 0.05) is 44.7 Å². The van der Waals surface area contributed by atoms with Crippen LogP contribution >= 0.6 is 15.9 Å². The highest BCUT2D eigenvalue weighted by Gasteiger charge is 2.24. The Kier molecular flexibility index (Phi) is 4.99. The number of piperazine rings is 1. The SMILES string of the molecule is CN(C)c1ccc(N2CCN(C(=O)c3ccccc3Br)CC2)nn1. The van der Waals surface area contributed by atoms with E-state index >= 15 is 0 Å². The smallest absolute Gasteiger partial charge is 0.255 e. The standard InChI is InChI=1S/C17H20BrN5O/c1-21(2)15-7-8-16(20-19-15)22-9-11-23(12-10-22)17(24)13-5-3-4-6-14(13)18/h3-8H,9-12H2,1-2H3. The molecule has 0 saturated carbocycles. The van der Waals surface area contributed by atoms with E-state index in [0.29, 0.717) is 18.7 Å². The van der Waals surface area contributed by atoms with E-state index in [1.54, 1.807) is 0 Å². The van der Waals surface area contributed by atoms with Gasteiger partial charge in [-0.2, -0.15) is 0 Å². The van der Waals surface area contributed by atoms with E-state index in [1.807, 2.05) is 60.3 Å². The van der Waals surface area contributed by atoms with Crippen LogP contribution in [-0.2, 0) is 0 Å². The molecule has 0 aliphatic carbocycles. The largest absolute Gasteiger partial charge is 0.361 e. The fourth-order valence-electron chi connectivity index (χ4n) is 2.67. The minimum atomic E-state index is 0.0659. The maximum Gasteiger partial charge on any atom is 0.255 e. The van der Waals surface area contributed by atoms with E-state index < -0.39 is 0 Å². The van der Waals surface area contributed by atoms with Gasteiger partial charge in [-0.1, -0.05) is 12.1 Å². The van der Waals surface area contributed by atoms with Crippen LogP contribution in [0.25, 0.3) is 0 Å². The summed E-state index contributed by atoms with van der Waals surface area (Å²) in [7, 11) is 3.88. The predicted octanol–water partition coefficient (Wildman–Crippen LogP) is 2.27. The van der Waals surface area contributed by atoms with Gasteiger partial charge in [0.05, 0.1) is 5.56 Å². The third-order valence-corrected chi connectivity index (χ3v) is 4.78. The van der Waals surface area contributed by atoms with Crippen LogP contribution in [0.1, 0.15) is 10.4 Å². The average Bonchev–Trinajstić information content (AvgIpc) is 2.62. The maximum atomic E-state index is 12.6. The van der Waals surface area contributed by atoms with Crippen molar-refractivity contribution in [3.8, 4) is 0 Å². The number of anilines is 2. The van der Waals surface area contributed by atoms with Crippen LogP contribution in [0.2, 0.25) is 0 Å². The fourth-order valence-corrected chi connectivity index (χ4v) is 3.12. The summed E-state index contributed by atoms with van der Waals surface area (Å²) in [5.74, 6) is 1.76. The first-order valence-corrected chi connectivity index (χ1v) is 8.65. The minimum Gasteiger partial charge on any atom is -0.361 e.